The number of aliphatic hydroxyl groups is 1. The molecule has 1 fully saturated rings. The predicted molar refractivity (Wildman–Crippen MR) is 116 cm³/mol. The van der Waals surface area contributed by atoms with E-state index in [1.54, 1.807) is 24.3 Å². The van der Waals surface area contributed by atoms with Crippen molar-refractivity contribution >= 4 is 34.4 Å². The van der Waals surface area contributed by atoms with Gasteiger partial charge in [0.2, 0.25) is 5.91 Å². The van der Waals surface area contributed by atoms with Gasteiger partial charge in [-0.25, -0.2) is 9.97 Å². The zero-order chi connectivity index (χ0) is 21.1. The van der Waals surface area contributed by atoms with Gasteiger partial charge in [0, 0.05) is 30.9 Å². The minimum atomic E-state index is -0.925. The monoisotopic (exact) mass is 428 g/mol. The number of amides is 1. The summed E-state index contributed by atoms with van der Waals surface area (Å²) in [4.78, 5) is 26.6. The number of H-pyrrole nitrogens is 1. The standard InChI is InChI=1S/C21H25ClN6O2/c22-15-3-1-14(2-4-15)17(29)6-10-25-20(30)21(23)7-11-28(12-8-21)19-16-5-9-24-18(16)26-13-27-19/h1-5,9,13,17,29H,6-8,10-12,23H2,(H,25,30)(H,24,26,27). The molecule has 1 aliphatic heterocycles. The number of aromatic nitrogens is 3. The number of anilines is 1. The molecule has 1 aliphatic rings. The van der Waals surface area contributed by atoms with E-state index in [1.165, 1.54) is 6.33 Å². The van der Waals surface area contributed by atoms with Crippen LogP contribution in [0.3, 0.4) is 0 Å². The second-order valence-electron chi connectivity index (χ2n) is 7.69. The van der Waals surface area contributed by atoms with Gasteiger partial charge in [0.15, 0.2) is 0 Å². The molecule has 0 radical (unpaired) electrons. The molecular weight excluding hydrogens is 404 g/mol. The molecule has 8 nitrogen and oxygen atoms in total. The van der Waals surface area contributed by atoms with Crippen LogP contribution in [0.2, 0.25) is 5.02 Å². The summed E-state index contributed by atoms with van der Waals surface area (Å²) in [7, 11) is 0. The molecule has 1 unspecified atom stereocenters. The van der Waals surface area contributed by atoms with Crippen molar-refractivity contribution in [1.82, 2.24) is 20.3 Å². The predicted octanol–water partition coefficient (Wildman–Crippen LogP) is 2.15. The van der Waals surface area contributed by atoms with Crippen LogP contribution in [-0.4, -0.2) is 51.1 Å². The Labute approximate surface area is 179 Å². The van der Waals surface area contributed by atoms with Crippen molar-refractivity contribution in [3.8, 4) is 0 Å². The van der Waals surface area contributed by atoms with Crippen LogP contribution >= 0.6 is 11.6 Å². The second-order valence-corrected chi connectivity index (χ2v) is 8.13. The molecule has 4 rings (SSSR count). The van der Waals surface area contributed by atoms with E-state index in [2.05, 4.69) is 25.2 Å². The van der Waals surface area contributed by atoms with Crippen LogP contribution in [-0.2, 0) is 4.79 Å². The van der Waals surface area contributed by atoms with Crippen LogP contribution in [0.15, 0.2) is 42.9 Å². The Kier molecular flexibility index (Phi) is 5.90. The van der Waals surface area contributed by atoms with Crippen molar-refractivity contribution in [2.75, 3.05) is 24.5 Å². The highest BCUT2D eigenvalue weighted by molar-refractivity contribution is 6.30. The first kappa shape index (κ1) is 20.6. The number of hydrogen-bond acceptors (Lipinski definition) is 6. The maximum absolute atomic E-state index is 12.7. The van der Waals surface area contributed by atoms with Crippen LogP contribution < -0.4 is 16.0 Å². The molecule has 30 heavy (non-hydrogen) atoms. The van der Waals surface area contributed by atoms with E-state index in [0.717, 1.165) is 22.4 Å². The lowest BCUT2D eigenvalue weighted by molar-refractivity contribution is -0.127. The number of nitrogens with zero attached hydrogens (tertiary/aromatic N) is 3. The van der Waals surface area contributed by atoms with Crippen molar-refractivity contribution in [2.24, 2.45) is 5.73 Å². The molecule has 9 heteroatoms. The van der Waals surface area contributed by atoms with Crippen molar-refractivity contribution in [2.45, 2.75) is 30.9 Å². The van der Waals surface area contributed by atoms with E-state index < -0.39 is 11.6 Å². The molecule has 0 spiro atoms. The van der Waals surface area contributed by atoms with Gasteiger partial charge in [-0.15, -0.1) is 0 Å². The van der Waals surface area contributed by atoms with Crippen LogP contribution in [0.1, 0.15) is 30.9 Å². The topological polar surface area (TPSA) is 120 Å². The van der Waals surface area contributed by atoms with Gasteiger partial charge < -0.3 is 26.0 Å². The minimum Gasteiger partial charge on any atom is -0.388 e. The third kappa shape index (κ3) is 4.26. The van der Waals surface area contributed by atoms with Gasteiger partial charge >= 0.3 is 0 Å². The van der Waals surface area contributed by atoms with Gasteiger partial charge in [0.05, 0.1) is 17.0 Å². The highest BCUT2D eigenvalue weighted by Gasteiger charge is 2.38. The summed E-state index contributed by atoms with van der Waals surface area (Å²) in [5.74, 6) is 0.676. The number of halogens is 1. The summed E-state index contributed by atoms with van der Waals surface area (Å²) in [5.41, 5.74) is 7.06. The molecule has 158 valence electrons. The van der Waals surface area contributed by atoms with Crippen LogP contribution in [0, 0.1) is 0 Å². The Balaban J connectivity index is 1.30. The van der Waals surface area contributed by atoms with E-state index in [-0.39, 0.29) is 5.91 Å². The molecule has 3 heterocycles. The zero-order valence-electron chi connectivity index (χ0n) is 16.5. The van der Waals surface area contributed by atoms with Crippen LogP contribution in [0.4, 0.5) is 5.82 Å². The summed E-state index contributed by atoms with van der Waals surface area (Å²) < 4.78 is 0. The van der Waals surface area contributed by atoms with Crippen molar-refractivity contribution in [1.29, 1.82) is 0 Å². The third-order valence-corrected chi connectivity index (χ3v) is 5.95. The molecule has 3 aromatic rings. The number of fused-ring (bicyclic) bond motifs is 1. The fourth-order valence-electron chi connectivity index (χ4n) is 3.81. The quantitative estimate of drug-likeness (QED) is 0.477. The highest BCUT2D eigenvalue weighted by atomic mass is 35.5. The lowest BCUT2D eigenvalue weighted by Crippen LogP contribution is -2.59. The van der Waals surface area contributed by atoms with Gasteiger partial charge in [-0.05, 0) is 43.0 Å². The van der Waals surface area contributed by atoms with Gasteiger partial charge in [0.25, 0.3) is 0 Å². The van der Waals surface area contributed by atoms with Gasteiger partial charge in [-0.1, -0.05) is 23.7 Å². The maximum Gasteiger partial charge on any atom is 0.240 e. The first-order chi connectivity index (χ1) is 14.5. The van der Waals surface area contributed by atoms with Crippen molar-refractivity contribution in [3.63, 3.8) is 0 Å². The molecule has 2 aromatic heterocycles. The number of benzene rings is 1. The fraction of sp³-hybridized carbons (Fsp3) is 0.381. The Hall–Kier alpha value is -2.68. The largest absolute Gasteiger partial charge is 0.388 e. The molecule has 0 aliphatic carbocycles. The number of aromatic amines is 1. The van der Waals surface area contributed by atoms with Crippen molar-refractivity contribution < 1.29 is 9.90 Å². The van der Waals surface area contributed by atoms with Crippen LogP contribution in [0.25, 0.3) is 11.0 Å². The third-order valence-electron chi connectivity index (χ3n) is 5.70. The SMILES string of the molecule is NC1(C(=O)NCCC(O)c2ccc(Cl)cc2)CCN(c2ncnc3[nH]ccc23)CC1. The number of carbonyl (C=O) groups is 1. The molecule has 0 saturated carbocycles. The highest BCUT2D eigenvalue weighted by Crippen LogP contribution is 2.28. The number of nitrogens with two attached hydrogens (primary N) is 1. The summed E-state index contributed by atoms with van der Waals surface area (Å²) in [6, 6.07) is 8.99. The Morgan fingerprint density at radius 1 is 1.27 bits per heavy atom. The van der Waals surface area contributed by atoms with Crippen LogP contribution in [0.5, 0.6) is 0 Å². The summed E-state index contributed by atoms with van der Waals surface area (Å²) in [6.45, 7) is 1.62. The first-order valence-electron chi connectivity index (χ1n) is 10.00. The molecule has 1 amide bonds. The maximum atomic E-state index is 12.7. The minimum absolute atomic E-state index is 0.181. The first-order valence-corrected chi connectivity index (χ1v) is 10.4. The van der Waals surface area contributed by atoms with Gasteiger partial charge in [-0.3, -0.25) is 4.79 Å². The zero-order valence-corrected chi connectivity index (χ0v) is 17.3. The van der Waals surface area contributed by atoms with Gasteiger partial charge in [-0.2, -0.15) is 0 Å². The summed E-state index contributed by atoms with van der Waals surface area (Å²) in [6.07, 6.45) is 4.16. The number of hydrogen-bond donors (Lipinski definition) is 4. The molecule has 5 N–H and O–H groups in total. The van der Waals surface area contributed by atoms with E-state index in [9.17, 15) is 9.90 Å². The average Bonchev–Trinajstić information content (AvgIpc) is 3.24. The number of nitrogens with one attached hydrogen (secondary N) is 2. The lowest BCUT2D eigenvalue weighted by Gasteiger charge is -2.38. The lowest BCUT2D eigenvalue weighted by atomic mass is 9.87. The Morgan fingerprint density at radius 2 is 2.00 bits per heavy atom. The number of rotatable bonds is 6. The average molecular weight is 429 g/mol. The summed E-state index contributed by atoms with van der Waals surface area (Å²) >= 11 is 5.87. The molecule has 0 bridgehead atoms. The Morgan fingerprint density at radius 3 is 2.73 bits per heavy atom. The normalized spacial score (nSPS) is 17.1. The van der Waals surface area contributed by atoms with E-state index in [0.29, 0.717) is 43.9 Å². The van der Waals surface area contributed by atoms with Crippen molar-refractivity contribution in [3.05, 3.63) is 53.4 Å². The number of piperidine rings is 1. The van der Waals surface area contributed by atoms with E-state index in [1.807, 2.05) is 12.3 Å². The Bertz CT molecular complexity index is 1010. The summed E-state index contributed by atoms with van der Waals surface area (Å²) in [5, 5.41) is 14.7. The fourth-order valence-corrected chi connectivity index (χ4v) is 3.93. The number of aliphatic hydroxyl groups excluding tert-OH is 1. The number of carbonyl (C=O) groups excluding carboxylic acids is 1. The smallest absolute Gasteiger partial charge is 0.240 e. The molecule has 1 atom stereocenters. The van der Waals surface area contributed by atoms with E-state index in [4.69, 9.17) is 17.3 Å². The van der Waals surface area contributed by atoms with E-state index >= 15 is 0 Å². The van der Waals surface area contributed by atoms with Gasteiger partial charge in [0.1, 0.15) is 17.8 Å². The molecular formula is C21H25ClN6O2. The second kappa shape index (κ2) is 8.59. The molecule has 1 saturated heterocycles. The molecule has 1 aromatic carbocycles.